The number of ether oxygens (including phenoxy) is 2. The Kier molecular flexibility index (Phi) is 8.33. The van der Waals surface area contributed by atoms with E-state index in [0.29, 0.717) is 47.6 Å². The number of phenols is 1. The molecule has 3 unspecified atom stereocenters. The number of likely N-dealkylation sites (tertiary alicyclic amines) is 1. The van der Waals surface area contributed by atoms with Crippen LogP contribution in [0.5, 0.6) is 17.2 Å². The van der Waals surface area contributed by atoms with Crippen molar-refractivity contribution in [3.63, 3.8) is 0 Å². The SMILES string of the molecule is COc1cc(O)c(C(CC(=O)N2CC(C)CC(C)C2)c2ccc(S(=O)(=O)N(C)C)cc2)c(OC)c1. The van der Waals surface area contributed by atoms with Gasteiger partial charge in [0, 0.05) is 57.2 Å². The topological polar surface area (TPSA) is 96.4 Å². The highest BCUT2D eigenvalue weighted by molar-refractivity contribution is 7.89. The number of carbonyl (C=O) groups is 1. The van der Waals surface area contributed by atoms with E-state index in [1.807, 2.05) is 4.90 Å². The minimum atomic E-state index is -3.60. The number of sulfonamides is 1. The number of rotatable bonds is 8. The van der Waals surface area contributed by atoms with Crippen LogP contribution in [-0.2, 0) is 14.8 Å². The Morgan fingerprint density at radius 3 is 2.20 bits per heavy atom. The van der Waals surface area contributed by atoms with E-state index in [4.69, 9.17) is 9.47 Å². The average molecular weight is 505 g/mol. The lowest BCUT2D eigenvalue weighted by atomic mass is 9.85. The highest BCUT2D eigenvalue weighted by Crippen LogP contribution is 2.43. The Bertz CT molecular complexity index is 1140. The van der Waals surface area contributed by atoms with Gasteiger partial charge in [-0.1, -0.05) is 26.0 Å². The minimum Gasteiger partial charge on any atom is -0.507 e. The van der Waals surface area contributed by atoms with Crippen molar-refractivity contribution in [2.75, 3.05) is 41.4 Å². The lowest BCUT2D eigenvalue weighted by Gasteiger charge is -2.36. The fourth-order valence-electron chi connectivity index (χ4n) is 4.86. The van der Waals surface area contributed by atoms with Gasteiger partial charge in [-0.05, 0) is 36.0 Å². The van der Waals surface area contributed by atoms with Crippen molar-refractivity contribution >= 4 is 15.9 Å². The summed E-state index contributed by atoms with van der Waals surface area (Å²) in [5, 5.41) is 10.9. The zero-order chi connectivity index (χ0) is 25.9. The van der Waals surface area contributed by atoms with Crippen LogP contribution in [0.1, 0.15) is 43.7 Å². The summed E-state index contributed by atoms with van der Waals surface area (Å²) in [4.78, 5) is 15.5. The molecule has 9 heteroatoms. The number of piperidine rings is 1. The van der Waals surface area contributed by atoms with Gasteiger partial charge in [0.05, 0.1) is 19.1 Å². The first-order chi connectivity index (χ1) is 16.5. The van der Waals surface area contributed by atoms with Crippen LogP contribution in [0.3, 0.4) is 0 Å². The monoisotopic (exact) mass is 504 g/mol. The first kappa shape index (κ1) is 26.8. The smallest absolute Gasteiger partial charge is 0.242 e. The van der Waals surface area contributed by atoms with Gasteiger partial charge in [0.15, 0.2) is 0 Å². The molecule has 1 heterocycles. The molecule has 0 radical (unpaired) electrons. The van der Waals surface area contributed by atoms with Gasteiger partial charge in [-0.3, -0.25) is 4.79 Å². The maximum absolute atomic E-state index is 13.5. The largest absolute Gasteiger partial charge is 0.507 e. The normalized spacial score (nSPS) is 19.5. The molecule has 35 heavy (non-hydrogen) atoms. The van der Waals surface area contributed by atoms with Crippen LogP contribution in [-0.4, -0.2) is 70.0 Å². The molecular formula is C26H36N2O6S. The molecule has 8 nitrogen and oxygen atoms in total. The number of nitrogens with zero attached hydrogens (tertiary/aromatic N) is 2. The van der Waals surface area contributed by atoms with Crippen molar-refractivity contribution in [1.82, 2.24) is 9.21 Å². The predicted octanol–water partition coefficient (Wildman–Crippen LogP) is 3.69. The summed E-state index contributed by atoms with van der Waals surface area (Å²) in [6, 6.07) is 9.60. The third-order valence-corrected chi connectivity index (χ3v) is 8.39. The van der Waals surface area contributed by atoms with Gasteiger partial charge in [-0.2, -0.15) is 0 Å². The molecule has 0 spiro atoms. The number of benzene rings is 2. The van der Waals surface area contributed by atoms with E-state index in [2.05, 4.69) is 13.8 Å². The molecule has 1 aliphatic heterocycles. The molecule has 2 aromatic carbocycles. The summed E-state index contributed by atoms with van der Waals surface area (Å²) in [5.41, 5.74) is 1.16. The summed E-state index contributed by atoms with van der Waals surface area (Å²) < 4.78 is 37.1. The van der Waals surface area contributed by atoms with Crippen LogP contribution in [0.25, 0.3) is 0 Å². The van der Waals surface area contributed by atoms with E-state index in [9.17, 15) is 18.3 Å². The zero-order valence-corrected chi connectivity index (χ0v) is 22.1. The molecule has 3 rings (SSSR count). The van der Waals surface area contributed by atoms with E-state index in [1.165, 1.54) is 46.5 Å². The second kappa shape index (κ2) is 10.9. The molecule has 0 bridgehead atoms. The van der Waals surface area contributed by atoms with Gasteiger partial charge in [-0.15, -0.1) is 0 Å². The van der Waals surface area contributed by atoms with E-state index in [1.54, 1.807) is 18.2 Å². The van der Waals surface area contributed by atoms with Gasteiger partial charge < -0.3 is 19.5 Å². The van der Waals surface area contributed by atoms with Crippen LogP contribution in [0.4, 0.5) is 0 Å². The van der Waals surface area contributed by atoms with Crippen molar-refractivity contribution in [3.8, 4) is 17.2 Å². The summed E-state index contributed by atoms with van der Waals surface area (Å²) in [6.45, 7) is 5.69. The molecule has 1 aliphatic rings. The number of carbonyl (C=O) groups excluding carboxylic acids is 1. The van der Waals surface area contributed by atoms with Crippen molar-refractivity contribution in [3.05, 3.63) is 47.5 Å². The number of hydrogen-bond acceptors (Lipinski definition) is 6. The van der Waals surface area contributed by atoms with Crippen LogP contribution in [0.2, 0.25) is 0 Å². The highest BCUT2D eigenvalue weighted by Gasteiger charge is 2.31. The molecular weight excluding hydrogens is 468 g/mol. The molecule has 3 atom stereocenters. The number of hydrogen-bond donors (Lipinski definition) is 1. The Morgan fingerprint density at radius 2 is 1.69 bits per heavy atom. The number of methoxy groups -OCH3 is 2. The maximum Gasteiger partial charge on any atom is 0.242 e. The van der Waals surface area contributed by atoms with Crippen molar-refractivity contribution in [2.24, 2.45) is 11.8 Å². The molecule has 1 fully saturated rings. The van der Waals surface area contributed by atoms with E-state index >= 15 is 0 Å². The Morgan fingerprint density at radius 1 is 1.09 bits per heavy atom. The number of aromatic hydroxyl groups is 1. The fourth-order valence-corrected chi connectivity index (χ4v) is 5.77. The van der Waals surface area contributed by atoms with Crippen LogP contribution >= 0.6 is 0 Å². The first-order valence-electron chi connectivity index (χ1n) is 11.7. The van der Waals surface area contributed by atoms with Gasteiger partial charge >= 0.3 is 0 Å². The van der Waals surface area contributed by atoms with Gasteiger partial charge in [0.25, 0.3) is 0 Å². The molecule has 1 amide bonds. The van der Waals surface area contributed by atoms with Crippen LogP contribution in [0, 0.1) is 11.8 Å². The average Bonchev–Trinajstić information content (AvgIpc) is 2.81. The standard InChI is InChI=1S/C26H36N2O6S/c1-17-11-18(2)16-28(15-17)25(30)14-22(26-23(29)12-20(33-5)13-24(26)34-6)19-7-9-21(10-8-19)35(31,32)27(3)4/h7-10,12-13,17-18,22,29H,11,14-16H2,1-6H3. The number of amides is 1. The highest BCUT2D eigenvalue weighted by atomic mass is 32.2. The van der Waals surface area contributed by atoms with E-state index in [-0.39, 0.29) is 23.0 Å². The maximum atomic E-state index is 13.5. The number of phenolic OH excluding ortho intramolecular Hbond substituents is 1. The predicted molar refractivity (Wildman–Crippen MR) is 135 cm³/mol. The van der Waals surface area contributed by atoms with Gasteiger partial charge in [0.1, 0.15) is 17.2 Å². The lowest BCUT2D eigenvalue weighted by Crippen LogP contribution is -2.43. The van der Waals surface area contributed by atoms with E-state index < -0.39 is 15.9 Å². The summed E-state index contributed by atoms with van der Waals surface area (Å²) in [5.74, 6) is 1.04. The third-order valence-electron chi connectivity index (χ3n) is 6.56. The summed E-state index contributed by atoms with van der Waals surface area (Å²) in [7, 11) is 2.35. The van der Waals surface area contributed by atoms with Crippen molar-refractivity contribution in [1.29, 1.82) is 0 Å². The minimum absolute atomic E-state index is 0.0179. The molecule has 0 saturated carbocycles. The lowest BCUT2D eigenvalue weighted by molar-refractivity contribution is -0.134. The molecule has 0 aromatic heterocycles. The molecule has 0 aliphatic carbocycles. The summed E-state index contributed by atoms with van der Waals surface area (Å²) in [6.07, 6.45) is 1.19. The Balaban J connectivity index is 2.06. The molecule has 1 N–H and O–H groups in total. The van der Waals surface area contributed by atoms with Gasteiger partial charge in [-0.25, -0.2) is 12.7 Å². The molecule has 192 valence electrons. The van der Waals surface area contributed by atoms with Crippen molar-refractivity contribution in [2.45, 2.75) is 37.5 Å². The van der Waals surface area contributed by atoms with Gasteiger partial charge in [0.2, 0.25) is 15.9 Å². The molecule has 1 saturated heterocycles. The van der Waals surface area contributed by atoms with E-state index in [0.717, 1.165) is 10.7 Å². The first-order valence-corrected chi connectivity index (χ1v) is 13.2. The second-order valence-electron chi connectivity index (χ2n) is 9.62. The summed E-state index contributed by atoms with van der Waals surface area (Å²) >= 11 is 0. The quantitative estimate of drug-likeness (QED) is 0.589. The second-order valence-corrected chi connectivity index (χ2v) is 11.8. The molecule has 2 aromatic rings. The Labute approximate surface area is 208 Å². The zero-order valence-electron chi connectivity index (χ0n) is 21.3. The van der Waals surface area contributed by atoms with Crippen LogP contribution in [0.15, 0.2) is 41.3 Å². The Hall–Kier alpha value is -2.78. The fraction of sp³-hybridized carbons (Fsp3) is 0.500. The van der Waals surface area contributed by atoms with Crippen molar-refractivity contribution < 1.29 is 27.8 Å². The van der Waals surface area contributed by atoms with Crippen LogP contribution < -0.4 is 9.47 Å². The third kappa shape index (κ3) is 5.90.